The number of aryl methyl sites for hydroxylation is 2. The first kappa shape index (κ1) is 17.5. The highest BCUT2D eigenvalue weighted by atomic mass is 79.9. The highest BCUT2D eigenvalue weighted by Gasteiger charge is 2.64. The van der Waals surface area contributed by atoms with Crippen molar-refractivity contribution in [2.75, 3.05) is 11.9 Å². The molecule has 1 amide bonds. The van der Waals surface area contributed by atoms with Crippen LogP contribution in [0.4, 0.5) is 5.69 Å². The third-order valence-electron chi connectivity index (χ3n) is 5.88. The number of benzene rings is 1. The van der Waals surface area contributed by atoms with Crippen molar-refractivity contribution in [3.63, 3.8) is 0 Å². The number of ether oxygens (including phenoxy) is 2. The number of carbonyl (C=O) groups is 3. The Morgan fingerprint density at radius 3 is 2.81 bits per heavy atom. The van der Waals surface area contributed by atoms with Crippen LogP contribution in [-0.2, 0) is 23.9 Å². The largest absolute Gasteiger partial charge is 0.462 e. The second-order valence-corrected chi connectivity index (χ2v) is 8.35. The Kier molecular flexibility index (Phi) is 4.29. The van der Waals surface area contributed by atoms with Gasteiger partial charge in [-0.25, -0.2) is 0 Å². The maximum atomic E-state index is 12.5. The number of hydrogen-bond donors (Lipinski definition) is 1. The summed E-state index contributed by atoms with van der Waals surface area (Å²) in [6.45, 7) is 3.47. The quantitative estimate of drug-likeness (QED) is 0.755. The monoisotopic (exact) mass is 421 g/mol. The molecule has 3 aliphatic rings. The lowest BCUT2D eigenvalue weighted by Crippen LogP contribution is -2.35. The number of fused-ring (bicyclic) bond motifs is 1. The molecule has 1 aromatic rings. The summed E-state index contributed by atoms with van der Waals surface area (Å²) in [7, 11) is 0. The molecule has 5 atom stereocenters. The summed E-state index contributed by atoms with van der Waals surface area (Å²) in [6.07, 6.45) is 1.55. The van der Waals surface area contributed by atoms with Crippen LogP contribution >= 0.6 is 15.9 Å². The van der Waals surface area contributed by atoms with Crippen LogP contribution in [-0.4, -0.2) is 30.6 Å². The van der Waals surface area contributed by atoms with Gasteiger partial charge >= 0.3 is 11.9 Å². The third kappa shape index (κ3) is 2.82. The smallest absolute Gasteiger partial charge is 0.310 e. The maximum Gasteiger partial charge on any atom is 0.310 e. The lowest BCUT2D eigenvalue weighted by atomic mass is 9.80. The molecular weight excluding hydrogens is 402 g/mol. The van der Waals surface area contributed by atoms with Crippen LogP contribution in [0.1, 0.15) is 24.0 Å². The molecule has 1 aliphatic heterocycles. The van der Waals surface area contributed by atoms with E-state index in [1.54, 1.807) is 0 Å². The molecule has 1 saturated heterocycles. The van der Waals surface area contributed by atoms with Gasteiger partial charge in [0, 0.05) is 16.1 Å². The minimum atomic E-state index is -0.462. The summed E-state index contributed by atoms with van der Waals surface area (Å²) in [4.78, 5) is 36.6. The van der Waals surface area contributed by atoms with Crippen LogP contribution in [0, 0.1) is 37.5 Å². The predicted molar refractivity (Wildman–Crippen MR) is 96.3 cm³/mol. The summed E-state index contributed by atoms with van der Waals surface area (Å²) in [5, 5.41) is 2.77. The van der Waals surface area contributed by atoms with E-state index in [9.17, 15) is 14.4 Å². The average Bonchev–Trinajstić information content (AvgIpc) is 3.19. The van der Waals surface area contributed by atoms with Gasteiger partial charge in [0.05, 0.1) is 11.8 Å². The Bertz CT molecular complexity index is 805. The number of amides is 1. The van der Waals surface area contributed by atoms with Gasteiger partial charge in [-0.3, -0.25) is 14.4 Å². The summed E-state index contributed by atoms with van der Waals surface area (Å²) in [5.41, 5.74) is 2.60. The zero-order valence-corrected chi connectivity index (χ0v) is 16.2. The molecule has 26 heavy (non-hydrogen) atoms. The topological polar surface area (TPSA) is 81.7 Å². The summed E-state index contributed by atoms with van der Waals surface area (Å²) >= 11 is 3.45. The van der Waals surface area contributed by atoms with E-state index in [1.165, 1.54) is 0 Å². The normalized spacial score (nSPS) is 31.0. The summed E-state index contributed by atoms with van der Waals surface area (Å²) in [5.74, 6) is -1.70. The van der Waals surface area contributed by atoms with Gasteiger partial charge in [-0.05, 0) is 55.9 Å². The van der Waals surface area contributed by atoms with Crippen molar-refractivity contribution in [2.45, 2.75) is 32.8 Å². The van der Waals surface area contributed by atoms with Crippen LogP contribution in [0.3, 0.4) is 0 Å². The molecular formula is C19H20BrNO5. The van der Waals surface area contributed by atoms with Crippen molar-refractivity contribution in [1.29, 1.82) is 0 Å². The molecule has 1 N–H and O–H groups in total. The van der Waals surface area contributed by atoms with Crippen molar-refractivity contribution in [2.24, 2.45) is 23.7 Å². The Morgan fingerprint density at radius 1 is 1.27 bits per heavy atom. The molecule has 4 rings (SSSR count). The van der Waals surface area contributed by atoms with Crippen molar-refractivity contribution in [3.8, 4) is 0 Å². The van der Waals surface area contributed by atoms with Crippen molar-refractivity contribution in [1.82, 2.24) is 0 Å². The van der Waals surface area contributed by atoms with E-state index in [2.05, 4.69) is 21.2 Å². The van der Waals surface area contributed by atoms with E-state index in [1.807, 2.05) is 26.0 Å². The number of hydrogen-bond acceptors (Lipinski definition) is 5. The number of rotatable bonds is 4. The molecule has 0 spiro atoms. The standard InChI is InChI=1S/C19H20BrNO5/c1-8-4-13(9(2)3-12(8)20)21-15(22)7-25-18(23)16-10-5-11-14(6-10)26-19(24)17(11)16/h3-4,10-11,14,16-17H,5-7H2,1-2H3,(H,21,22)/t10-,11+,14+,16-,17-/m1/s1. The second kappa shape index (κ2) is 6.37. The number of carbonyl (C=O) groups excluding carboxylic acids is 3. The average molecular weight is 422 g/mol. The Labute approximate surface area is 159 Å². The summed E-state index contributed by atoms with van der Waals surface area (Å²) in [6, 6.07) is 3.79. The van der Waals surface area contributed by atoms with Gasteiger partial charge in [-0.15, -0.1) is 0 Å². The molecule has 6 nitrogen and oxygen atoms in total. The van der Waals surface area contributed by atoms with E-state index >= 15 is 0 Å². The van der Waals surface area contributed by atoms with Crippen LogP contribution in [0.25, 0.3) is 0 Å². The zero-order chi connectivity index (χ0) is 18.6. The maximum absolute atomic E-state index is 12.5. The lowest BCUT2D eigenvalue weighted by molar-refractivity contribution is -0.157. The van der Waals surface area contributed by atoms with Crippen LogP contribution in [0.5, 0.6) is 0 Å². The number of halogens is 1. The second-order valence-electron chi connectivity index (χ2n) is 7.49. The first-order valence-corrected chi connectivity index (χ1v) is 9.58. The van der Waals surface area contributed by atoms with Gasteiger partial charge in [0.1, 0.15) is 6.10 Å². The summed E-state index contributed by atoms with van der Waals surface area (Å²) < 4.78 is 11.5. The third-order valence-corrected chi connectivity index (χ3v) is 6.73. The SMILES string of the molecule is Cc1cc(NC(=O)COC(=O)[C@@H]2[C@@H]3C[C@@H]4[C@H]2C(=O)O[C@H]4C3)c(C)cc1Br. The molecule has 0 aromatic heterocycles. The van der Waals surface area contributed by atoms with Crippen LogP contribution in [0.2, 0.25) is 0 Å². The highest BCUT2D eigenvalue weighted by molar-refractivity contribution is 9.10. The Morgan fingerprint density at radius 2 is 2.04 bits per heavy atom. The number of nitrogens with one attached hydrogen (secondary N) is 1. The number of esters is 2. The van der Waals surface area contributed by atoms with Gasteiger partial charge < -0.3 is 14.8 Å². The van der Waals surface area contributed by atoms with E-state index in [0.717, 1.165) is 28.4 Å². The first-order valence-electron chi connectivity index (χ1n) is 8.79. The van der Waals surface area contributed by atoms with Crippen molar-refractivity contribution < 1.29 is 23.9 Å². The van der Waals surface area contributed by atoms with E-state index in [0.29, 0.717) is 5.69 Å². The predicted octanol–water partition coefficient (Wildman–Crippen LogP) is 2.75. The molecule has 7 heteroatoms. The van der Waals surface area contributed by atoms with E-state index in [4.69, 9.17) is 9.47 Å². The molecule has 2 saturated carbocycles. The minimum absolute atomic E-state index is 0.0199. The van der Waals surface area contributed by atoms with Crippen LogP contribution in [0.15, 0.2) is 16.6 Å². The fourth-order valence-corrected chi connectivity index (χ4v) is 5.12. The van der Waals surface area contributed by atoms with Crippen molar-refractivity contribution >= 4 is 39.5 Å². The molecule has 3 fully saturated rings. The van der Waals surface area contributed by atoms with Gasteiger partial charge in [-0.1, -0.05) is 15.9 Å². The zero-order valence-electron chi connectivity index (χ0n) is 14.6. The Balaban J connectivity index is 1.36. The number of anilines is 1. The molecule has 1 heterocycles. The highest BCUT2D eigenvalue weighted by Crippen LogP contribution is 2.57. The lowest BCUT2D eigenvalue weighted by Gasteiger charge is -2.22. The van der Waals surface area contributed by atoms with Crippen molar-refractivity contribution in [3.05, 3.63) is 27.7 Å². The molecule has 0 unspecified atom stereocenters. The molecule has 0 radical (unpaired) electrons. The van der Waals surface area contributed by atoms with Gasteiger partial charge in [0.25, 0.3) is 5.91 Å². The van der Waals surface area contributed by atoms with E-state index < -0.39 is 17.8 Å². The molecule has 1 aromatic carbocycles. The fourth-order valence-electron chi connectivity index (χ4n) is 4.66. The first-order chi connectivity index (χ1) is 12.3. The van der Waals surface area contributed by atoms with E-state index in [-0.39, 0.29) is 36.4 Å². The van der Waals surface area contributed by atoms with Gasteiger partial charge in [0.2, 0.25) is 0 Å². The van der Waals surface area contributed by atoms with Gasteiger partial charge in [0.15, 0.2) is 6.61 Å². The minimum Gasteiger partial charge on any atom is -0.462 e. The molecule has 2 bridgehead atoms. The fraction of sp³-hybridized carbons (Fsp3) is 0.526. The Hall–Kier alpha value is -1.89. The molecule has 138 valence electrons. The van der Waals surface area contributed by atoms with Crippen LogP contribution < -0.4 is 5.32 Å². The van der Waals surface area contributed by atoms with Gasteiger partial charge in [-0.2, -0.15) is 0 Å². The molecule has 2 aliphatic carbocycles.